The first-order chi connectivity index (χ1) is 8.70. The molecule has 0 aliphatic carbocycles. The molecular weight excluding hydrogens is 248 g/mol. The molecule has 1 aromatic heterocycles. The van der Waals surface area contributed by atoms with E-state index >= 15 is 0 Å². The first-order valence-corrected chi connectivity index (χ1v) is 6.09. The van der Waals surface area contributed by atoms with Gasteiger partial charge in [0.05, 0.1) is 24.5 Å². The van der Waals surface area contributed by atoms with Crippen molar-refractivity contribution in [3.63, 3.8) is 0 Å². The maximum atomic E-state index is 5.99. The van der Waals surface area contributed by atoms with Gasteiger partial charge in [-0.25, -0.2) is 0 Å². The summed E-state index contributed by atoms with van der Waals surface area (Å²) in [4.78, 5) is 4.32. The van der Waals surface area contributed by atoms with Crippen LogP contribution in [0, 0.1) is 0 Å². The zero-order valence-electron chi connectivity index (χ0n) is 10.4. The lowest BCUT2D eigenvalue weighted by Crippen LogP contribution is -2.09. The smallest absolute Gasteiger partial charge is 0.142 e. The van der Waals surface area contributed by atoms with E-state index in [4.69, 9.17) is 16.3 Å². The molecule has 0 aliphatic heterocycles. The highest BCUT2D eigenvalue weighted by Gasteiger charge is 2.10. The van der Waals surface area contributed by atoms with E-state index in [1.165, 1.54) is 0 Å². The molecule has 0 fully saturated rings. The van der Waals surface area contributed by atoms with Gasteiger partial charge in [-0.2, -0.15) is 0 Å². The molecule has 4 heteroatoms. The van der Waals surface area contributed by atoms with Crippen molar-refractivity contribution in [2.75, 3.05) is 12.4 Å². The van der Waals surface area contributed by atoms with E-state index in [1.54, 1.807) is 19.4 Å². The zero-order chi connectivity index (χ0) is 13.0. The molecular formula is C14H15ClN2O. The Morgan fingerprint density at radius 2 is 2.11 bits per heavy atom. The second kappa shape index (κ2) is 5.74. The Morgan fingerprint density at radius 3 is 2.78 bits per heavy atom. The summed E-state index contributed by atoms with van der Waals surface area (Å²) < 4.78 is 5.30. The van der Waals surface area contributed by atoms with Crippen LogP contribution in [0.4, 0.5) is 5.69 Å². The summed E-state index contributed by atoms with van der Waals surface area (Å²) in [6, 6.07) is 11.4. The number of benzene rings is 1. The van der Waals surface area contributed by atoms with Crippen molar-refractivity contribution in [1.82, 2.24) is 4.98 Å². The summed E-state index contributed by atoms with van der Waals surface area (Å²) in [6.07, 6.45) is 1.78. The van der Waals surface area contributed by atoms with Crippen molar-refractivity contribution >= 4 is 17.3 Å². The zero-order valence-corrected chi connectivity index (χ0v) is 11.1. The van der Waals surface area contributed by atoms with Gasteiger partial charge in [0.25, 0.3) is 0 Å². The van der Waals surface area contributed by atoms with E-state index in [2.05, 4.69) is 10.3 Å². The van der Waals surface area contributed by atoms with Gasteiger partial charge in [0, 0.05) is 11.2 Å². The van der Waals surface area contributed by atoms with Gasteiger partial charge >= 0.3 is 0 Å². The number of methoxy groups -OCH3 is 1. The summed E-state index contributed by atoms with van der Waals surface area (Å²) in [7, 11) is 1.64. The quantitative estimate of drug-likeness (QED) is 0.907. The predicted octanol–water partition coefficient (Wildman–Crippen LogP) is 3.92. The first-order valence-electron chi connectivity index (χ1n) is 5.71. The van der Waals surface area contributed by atoms with E-state index in [0.717, 1.165) is 17.1 Å². The standard InChI is InChI=1S/C14H15ClN2O/c1-10(12-5-3-4-8-16-12)17-13-9-11(15)6-7-14(13)18-2/h3-10,17H,1-2H3. The molecule has 1 atom stereocenters. The normalized spacial score (nSPS) is 11.9. The lowest BCUT2D eigenvalue weighted by Gasteiger charge is -2.17. The largest absolute Gasteiger partial charge is 0.495 e. The molecule has 1 heterocycles. The Labute approximate surface area is 112 Å². The fourth-order valence-corrected chi connectivity index (χ4v) is 1.90. The van der Waals surface area contributed by atoms with Crippen molar-refractivity contribution in [2.24, 2.45) is 0 Å². The molecule has 18 heavy (non-hydrogen) atoms. The summed E-state index contributed by atoms with van der Waals surface area (Å²) in [5, 5.41) is 4.02. The Kier molecular flexibility index (Phi) is 4.05. The van der Waals surface area contributed by atoms with Crippen molar-refractivity contribution < 1.29 is 4.74 Å². The van der Waals surface area contributed by atoms with Crippen LogP contribution < -0.4 is 10.1 Å². The lowest BCUT2D eigenvalue weighted by atomic mass is 10.2. The molecule has 0 spiro atoms. The lowest BCUT2D eigenvalue weighted by molar-refractivity contribution is 0.416. The number of aromatic nitrogens is 1. The van der Waals surface area contributed by atoms with Crippen LogP contribution in [0.2, 0.25) is 5.02 Å². The molecule has 0 amide bonds. The van der Waals surface area contributed by atoms with Gasteiger partial charge in [0.2, 0.25) is 0 Å². The van der Waals surface area contributed by atoms with Gasteiger partial charge in [-0.3, -0.25) is 4.98 Å². The number of ether oxygens (including phenoxy) is 1. The van der Waals surface area contributed by atoms with Crippen molar-refractivity contribution in [1.29, 1.82) is 0 Å². The van der Waals surface area contributed by atoms with E-state index < -0.39 is 0 Å². The van der Waals surface area contributed by atoms with Crippen LogP contribution in [0.1, 0.15) is 18.7 Å². The fourth-order valence-electron chi connectivity index (χ4n) is 1.73. The highest BCUT2D eigenvalue weighted by Crippen LogP contribution is 2.30. The van der Waals surface area contributed by atoms with E-state index in [9.17, 15) is 0 Å². The number of pyridine rings is 1. The molecule has 0 saturated carbocycles. The number of nitrogens with one attached hydrogen (secondary N) is 1. The van der Waals surface area contributed by atoms with Gasteiger partial charge in [-0.1, -0.05) is 17.7 Å². The van der Waals surface area contributed by atoms with Crippen LogP contribution in [0.25, 0.3) is 0 Å². The fraction of sp³-hybridized carbons (Fsp3) is 0.214. The van der Waals surface area contributed by atoms with Gasteiger partial charge < -0.3 is 10.1 Å². The predicted molar refractivity (Wildman–Crippen MR) is 74.3 cm³/mol. The van der Waals surface area contributed by atoms with Crippen molar-refractivity contribution in [3.8, 4) is 5.75 Å². The second-order valence-corrected chi connectivity index (χ2v) is 4.40. The average molecular weight is 263 g/mol. The third-order valence-corrected chi connectivity index (χ3v) is 2.90. The number of hydrogen-bond acceptors (Lipinski definition) is 3. The Bertz CT molecular complexity index is 516. The van der Waals surface area contributed by atoms with Gasteiger partial charge in [0.1, 0.15) is 5.75 Å². The molecule has 1 N–H and O–H groups in total. The highest BCUT2D eigenvalue weighted by molar-refractivity contribution is 6.30. The molecule has 2 aromatic rings. The molecule has 0 bridgehead atoms. The number of nitrogens with zero attached hydrogens (tertiary/aromatic N) is 1. The van der Waals surface area contributed by atoms with Crippen LogP contribution in [0.15, 0.2) is 42.6 Å². The van der Waals surface area contributed by atoms with Crippen LogP contribution in [0.5, 0.6) is 5.75 Å². The van der Waals surface area contributed by atoms with E-state index in [1.807, 2.05) is 37.3 Å². The maximum Gasteiger partial charge on any atom is 0.142 e. The minimum Gasteiger partial charge on any atom is -0.495 e. The van der Waals surface area contributed by atoms with Crippen LogP contribution in [-0.4, -0.2) is 12.1 Å². The summed E-state index contributed by atoms with van der Waals surface area (Å²) in [5.74, 6) is 0.766. The van der Waals surface area contributed by atoms with E-state index in [0.29, 0.717) is 5.02 Å². The number of halogens is 1. The first kappa shape index (κ1) is 12.7. The van der Waals surface area contributed by atoms with E-state index in [-0.39, 0.29) is 6.04 Å². The van der Waals surface area contributed by atoms with Gasteiger partial charge in [-0.05, 0) is 37.3 Å². The summed E-state index contributed by atoms with van der Waals surface area (Å²) >= 11 is 5.99. The van der Waals surface area contributed by atoms with Crippen molar-refractivity contribution in [2.45, 2.75) is 13.0 Å². The number of hydrogen-bond donors (Lipinski definition) is 1. The third-order valence-electron chi connectivity index (χ3n) is 2.66. The van der Waals surface area contributed by atoms with Crippen LogP contribution in [-0.2, 0) is 0 Å². The number of rotatable bonds is 4. The molecule has 94 valence electrons. The minimum atomic E-state index is 0.0820. The van der Waals surface area contributed by atoms with Gasteiger partial charge in [-0.15, -0.1) is 0 Å². The molecule has 0 aliphatic rings. The highest BCUT2D eigenvalue weighted by atomic mass is 35.5. The molecule has 1 unspecified atom stereocenters. The average Bonchev–Trinajstić information content (AvgIpc) is 2.40. The molecule has 2 rings (SSSR count). The summed E-state index contributed by atoms with van der Waals surface area (Å²) in [6.45, 7) is 2.04. The van der Waals surface area contributed by atoms with Crippen LogP contribution in [0.3, 0.4) is 0 Å². The Morgan fingerprint density at radius 1 is 1.28 bits per heavy atom. The van der Waals surface area contributed by atoms with Crippen LogP contribution >= 0.6 is 11.6 Å². The topological polar surface area (TPSA) is 34.1 Å². The monoisotopic (exact) mass is 262 g/mol. The van der Waals surface area contributed by atoms with Gasteiger partial charge in [0.15, 0.2) is 0 Å². The maximum absolute atomic E-state index is 5.99. The van der Waals surface area contributed by atoms with Crippen molar-refractivity contribution in [3.05, 3.63) is 53.3 Å². The number of anilines is 1. The minimum absolute atomic E-state index is 0.0820. The Balaban J connectivity index is 2.21. The second-order valence-electron chi connectivity index (χ2n) is 3.97. The molecule has 1 aromatic carbocycles. The third kappa shape index (κ3) is 2.93. The molecule has 3 nitrogen and oxygen atoms in total. The SMILES string of the molecule is COc1ccc(Cl)cc1NC(C)c1ccccn1. The Hall–Kier alpha value is -1.74. The molecule has 0 saturated heterocycles. The molecule has 0 radical (unpaired) electrons. The summed E-state index contributed by atoms with van der Waals surface area (Å²) in [5.41, 5.74) is 1.84.